The summed E-state index contributed by atoms with van der Waals surface area (Å²) >= 11 is 3.53. The molecule has 112 valence electrons. The van der Waals surface area contributed by atoms with Gasteiger partial charge in [0.25, 0.3) is 5.91 Å². The van der Waals surface area contributed by atoms with E-state index in [1.165, 1.54) is 15.6 Å². The number of thioether (sulfide) groups is 1. The maximum atomic E-state index is 12.1. The number of nitrogens with one attached hydrogen (secondary N) is 1. The summed E-state index contributed by atoms with van der Waals surface area (Å²) < 4.78 is 1.28. The topological polar surface area (TPSA) is 49.3 Å². The molecule has 0 saturated carbocycles. The summed E-state index contributed by atoms with van der Waals surface area (Å²) in [4.78, 5) is 12.1. The predicted molar refractivity (Wildman–Crippen MR) is 90.0 cm³/mol. The maximum Gasteiger partial charge on any atom is 0.252 e. The van der Waals surface area contributed by atoms with Crippen molar-refractivity contribution in [3.8, 4) is 0 Å². The summed E-state index contributed by atoms with van der Waals surface area (Å²) in [5.41, 5.74) is 0.115. The van der Waals surface area contributed by atoms with E-state index in [1.54, 1.807) is 23.1 Å². The van der Waals surface area contributed by atoms with Gasteiger partial charge in [0.05, 0.1) is 0 Å². The maximum absolute atomic E-state index is 12.1. The minimum Gasteiger partial charge on any atom is -0.380 e. The number of thiophene rings is 1. The average Bonchev–Trinajstić information content (AvgIpc) is 2.91. The van der Waals surface area contributed by atoms with Crippen LogP contribution < -0.4 is 5.32 Å². The third-order valence-electron chi connectivity index (χ3n) is 3.98. The molecule has 5 heteroatoms. The van der Waals surface area contributed by atoms with Crippen LogP contribution in [0.25, 0.3) is 10.1 Å². The highest BCUT2D eigenvalue weighted by Gasteiger charge is 2.36. The molecule has 0 radical (unpaired) electrons. The number of amides is 1. The van der Waals surface area contributed by atoms with Crippen LogP contribution in [0.5, 0.6) is 0 Å². The average molecular weight is 321 g/mol. The fourth-order valence-corrected chi connectivity index (χ4v) is 4.80. The van der Waals surface area contributed by atoms with E-state index in [2.05, 4.69) is 22.8 Å². The molecule has 0 atom stereocenters. The third-order valence-corrected chi connectivity index (χ3v) is 5.98. The van der Waals surface area contributed by atoms with Crippen LogP contribution in [-0.4, -0.2) is 34.7 Å². The minimum absolute atomic E-state index is 0.206. The van der Waals surface area contributed by atoms with Gasteiger partial charge >= 0.3 is 0 Å². The molecule has 3 nitrogen and oxygen atoms in total. The van der Waals surface area contributed by atoms with Crippen LogP contribution >= 0.6 is 23.1 Å². The second-order valence-electron chi connectivity index (χ2n) is 5.41. The van der Waals surface area contributed by atoms with E-state index in [-0.39, 0.29) is 5.91 Å². The lowest BCUT2D eigenvalue weighted by molar-refractivity contribution is -0.140. The molecule has 2 heterocycles. The zero-order valence-electron chi connectivity index (χ0n) is 11.8. The zero-order chi connectivity index (χ0) is 14.7. The monoisotopic (exact) mass is 321 g/mol. The number of benzene rings is 1. The minimum atomic E-state index is -1.15. The molecule has 2 aromatic rings. The Morgan fingerprint density at radius 3 is 2.86 bits per heavy atom. The largest absolute Gasteiger partial charge is 0.380 e. The van der Waals surface area contributed by atoms with Crippen LogP contribution in [0.4, 0.5) is 0 Å². The zero-order valence-corrected chi connectivity index (χ0v) is 13.4. The first-order valence-corrected chi connectivity index (χ1v) is 9.26. The Morgan fingerprint density at radius 2 is 2.05 bits per heavy atom. The van der Waals surface area contributed by atoms with Gasteiger partial charge in [-0.1, -0.05) is 18.2 Å². The van der Waals surface area contributed by atoms with E-state index in [9.17, 15) is 9.90 Å². The van der Waals surface area contributed by atoms with Crippen LogP contribution in [0.2, 0.25) is 0 Å². The molecule has 1 aliphatic rings. The smallest absolute Gasteiger partial charge is 0.252 e. The van der Waals surface area contributed by atoms with Crippen molar-refractivity contribution in [2.75, 3.05) is 18.1 Å². The van der Waals surface area contributed by atoms with Crippen molar-refractivity contribution in [3.05, 3.63) is 35.2 Å². The summed E-state index contributed by atoms with van der Waals surface area (Å²) in [6.45, 7) is 0.578. The van der Waals surface area contributed by atoms with Crippen molar-refractivity contribution < 1.29 is 9.90 Å². The molecule has 0 bridgehead atoms. The van der Waals surface area contributed by atoms with E-state index < -0.39 is 5.60 Å². The quantitative estimate of drug-likeness (QED) is 0.910. The van der Waals surface area contributed by atoms with Crippen molar-refractivity contribution in [1.29, 1.82) is 0 Å². The normalized spacial score (nSPS) is 17.8. The molecule has 1 saturated heterocycles. The summed E-state index contributed by atoms with van der Waals surface area (Å²) in [6, 6.07) is 8.32. The number of hydrogen-bond acceptors (Lipinski definition) is 4. The Bertz CT molecular complexity index is 632. The molecule has 3 rings (SSSR count). The molecule has 21 heavy (non-hydrogen) atoms. The molecule has 1 amide bonds. The Kier molecular flexibility index (Phi) is 4.52. The molecular formula is C16H19NO2S2. The highest BCUT2D eigenvalue weighted by atomic mass is 32.2. The van der Waals surface area contributed by atoms with Gasteiger partial charge in [-0.3, -0.25) is 4.79 Å². The third kappa shape index (κ3) is 3.25. The van der Waals surface area contributed by atoms with Gasteiger partial charge in [0.1, 0.15) is 5.60 Å². The summed E-state index contributed by atoms with van der Waals surface area (Å²) in [7, 11) is 0. The Balaban J connectivity index is 1.57. The molecule has 0 spiro atoms. The highest BCUT2D eigenvalue weighted by molar-refractivity contribution is 7.99. The van der Waals surface area contributed by atoms with Gasteiger partial charge in [0.2, 0.25) is 0 Å². The number of carbonyl (C=O) groups is 1. The van der Waals surface area contributed by atoms with Crippen LogP contribution in [0.1, 0.15) is 18.4 Å². The highest BCUT2D eigenvalue weighted by Crippen LogP contribution is 2.27. The first kappa shape index (κ1) is 14.9. The molecule has 1 aromatic carbocycles. The van der Waals surface area contributed by atoms with Gasteiger partial charge < -0.3 is 10.4 Å². The van der Waals surface area contributed by atoms with Gasteiger partial charge in [-0.05, 0) is 53.2 Å². The second kappa shape index (κ2) is 6.38. The van der Waals surface area contributed by atoms with Crippen LogP contribution in [0.15, 0.2) is 29.6 Å². The fourth-order valence-electron chi connectivity index (χ4n) is 2.64. The molecule has 0 aliphatic carbocycles. The predicted octanol–water partition coefficient (Wildman–Crippen LogP) is 2.82. The van der Waals surface area contributed by atoms with Crippen molar-refractivity contribution in [2.24, 2.45) is 0 Å². The van der Waals surface area contributed by atoms with Crippen molar-refractivity contribution in [1.82, 2.24) is 5.32 Å². The van der Waals surface area contributed by atoms with E-state index >= 15 is 0 Å². The fraction of sp³-hybridized carbons (Fsp3) is 0.438. The Hall–Kier alpha value is -1.04. The molecule has 0 unspecified atom stereocenters. The van der Waals surface area contributed by atoms with Gasteiger partial charge in [-0.15, -0.1) is 11.3 Å². The van der Waals surface area contributed by atoms with E-state index in [1.807, 2.05) is 12.1 Å². The van der Waals surface area contributed by atoms with E-state index in [0.29, 0.717) is 19.4 Å². The molecular weight excluding hydrogens is 302 g/mol. The standard InChI is InChI=1S/C16H19NO2S2/c18-15(16(19)6-9-20-10-7-16)17-8-5-12-11-21-14-4-2-1-3-13(12)14/h1-4,11,19H,5-10H2,(H,17,18). The van der Waals surface area contributed by atoms with Gasteiger partial charge in [-0.2, -0.15) is 11.8 Å². The van der Waals surface area contributed by atoms with E-state index in [0.717, 1.165) is 17.9 Å². The summed E-state index contributed by atoms with van der Waals surface area (Å²) in [6.07, 6.45) is 1.93. The SMILES string of the molecule is O=C(NCCc1csc2ccccc12)C1(O)CCSCC1. The molecule has 1 aromatic heterocycles. The number of hydrogen-bond donors (Lipinski definition) is 2. The van der Waals surface area contributed by atoms with Crippen LogP contribution in [0.3, 0.4) is 0 Å². The second-order valence-corrected chi connectivity index (χ2v) is 7.54. The van der Waals surface area contributed by atoms with Crippen molar-refractivity contribution in [3.63, 3.8) is 0 Å². The van der Waals surface area contributed by atoms with Gasteiger partial charge in [0.15, 0.2) is 0 Å². The van der Waals surface area contributed by atoms with Gasteiger partial charge in [-0.25, -0.2) is 0 Å². The van der Waals surface area contributed by atoms with Crippen LogP contribution in [0, 0.1) is 0 Å². The Morgan fingerprint density at radius 1 is 1.29 bits per heavy atom. The van der Waals surface area contributed by atoms with Crippen LogP contribution in [-0.2, 0) is 11.2 Å². The lowest BCUT2D eigenvalue weighted by atomic mass is 9.96. The molecule has 2 N–H and O–H groups in total. The lowest BCUT2D eigenvalue weighted by Crippen LogP contribution is -2.49. The number of carbonyl (C=O) groups excluding carboxylic acids is 1. The molecule has 1 aliphatic heterocycles. The van der Waals surface area contributed by atoms with Crippen molar-refractivity contribution in [2.45, 2.75) is 24.9 Å². The first-order chi connectivity index (χ1) is 10.2. The van der Waals surface area contributed by atoms with Gasteiger partial charge in [0, 0.05) is 11.2 Å². The summed E-state index contributed by atoms with van der Waals surface area (Å²) in [5, 5.41) is 16.7. The number of aliphatic hydroxyl groups is 1. The number of rotatable bonds is 4. The molecule has 1 fully saturated rings. The Labute approximate surface area is 132 Å². The van der Waals surface area contributed by atoms with Crippen molar-refractivity contribution >= 4 is 39.1 Å². The first-order valence-electron chi connectivity index (χ1n) is 7.23. The summed E-state index contributed by atoms with van der Waals surface area (Å²) in [5.74, 6) is 1.51. The van der Waals surface area contributed by atoms with E-state index in [4.69, 9.17) is 0 Å². The lowest BCUT2D eigenvalue weighted by Gasteiger charge is -2.30. The number of fused-ring (bicyclic) bond motifs is 1.